The predicted octanol–water partition coefficient (Wildman–Crippen LogP) is 2.63. The standard InChI is InChI=1S/C12H17F3N2O/c1-8(2)18-7-11(17-16)9-4-3-5-10(6-9)12(13,14)15/h3-6,8,11,17H,7,16H2,1-2H3. The lowest BCUT2D eigenvalue weighted by Gasteiger charge is -2.19. The maximum absolute atomic E-state index is 12.6. The Balaban J connectivity index is 2.86. The van der Waals surface area contributed by atoms with Crippen molar-refractivity contribution >= 4 is 0 Å². The molecule has 1 aromatic rings. The molecule has 0 heterocycles. The summed E-state index contributed by atoms with van der Waals surface area (Å²) in [4.78, 5) is 0. The van der Waals surface area contributed by atoms with Crippen molar-refractivity contribution < 1.29 is 17.9 Å². The highest BCUT2D eigenvalue weighted by Gasteiger charge is 2.30. The van der Waals surface area contributed by atoms with Gasteiger partial charge in [-0.05, 0) is 31.5 Å². The Bertz CT molecular complexity index is 380. The highest BCUT2D eigenvalue weighted by atomic mass is 19.4. The fourth-order valence-corrected chi connectivity index (χ4v) is 1.46. The van der Waals surface area contributed by atoms with Crippen LogP contribution in [0.15, 0.2) is 24.3 Å². The topological polar surface area (TPSA) is 47.3 Å². The third kappa shape index (κ3) is 4.29. The molecule has 0 aromatic heterocycles. The third-order valence-corrected chi connectivity index (χ3v) is 2.41. The fourth-order valence-electron chi connectivity index (χ4n) is 1.46. The summed E-state index contributed by atoms with van der Waals surface area (Å²) in [6.07, 6.45) is -4.36. The van der Waals surface area contributed by atoms with Gasteiger partial charge < -0.3 is 4.74 Å². The summed E-state index contributed by atoms with van der Waals surface area (Å²) in [5.74, 6) is 5.34. The van der Waals surface area contributed by atoms with Crippen LogP contribution in [0, 0.1) is 0 Å². The molecular weight excluding hydrogens is 245 g/mol. The molecule has 6 heteroatoms. The Morgan fingerprint density at radius 3 is 2.50 bits per heavy atom. The van der Waals surface area contributed by atoms with E-state index in [1.165, 1.54) is 6.07 Å². The number of hydrogen-bond acceptors (Lipinski definition) is 3. The van der Waals surface area contributed by atoms with Gasteiger partial charge in [0.25, 0.3) is 0 Å². The lowest BCUT2D eigenvalue weighted by Crippen LogP contribution is -2.32. The molecule has 0 saturated carbocycles. The van der Waals surface area contributed by atoms with E-state index in [0.717, 1.165) is 12.1 Å². The highest BCUT2D eigenvalue weighted by molar-refractivity contribution is 5.28. The Morgan fingerprint density at radius 2 is 2.00 bits per heavy atom. The van der Waals surface area contributed by atoms with Gasteiger partial charge in [-0.25, -0.2) is 0 Å². The van der Waals surface area contributed by atoms with Crippen molar-refractivity contribution in [1.29, 1.82) is 0 Å². The van der Waals surface area contributed by atoms with Crippen molar-refractivity contribution in [2.45, 2.75) is 32.2 Å². The van der Waals surface area contributed by atoms with E-state index in [0.29, 0.717) is 5.56 Å². The summed E-state index contributed by atoms with van der Waals surface area (Å²) in [5, 5.41) is 0. The first-order valence-electron chi connectivity index (χ1n) is 5.59. The monoisotopic (exact) mass is 262 g/mol. The van der Waals surface area contributed by atoms with E-state index in [-0.39, 0.29) is 12.7 Å². The average Bonchev–Trinajstić information content (AvgIpc) is 2.29. The van der Waals surface area contributed by atoms with E-state index in [9.17, 15) is 13.2 Å². The van der Waals surface area contributed by atoms with Crippen LogP contribution < -0.4 is 11.3 Å². The fraction of sp³-hybridized carbons (Fsp3) is 0.500. The summed E-state index contributed by atoms with van der Waals surface area (Å²) in [7, 11) is 0. The summed E-state index contributed by atoms with van der Waals surface area (Å²) >= 11 is 0. The van der Waals surface area contributed by atoms with Crippen LogP contribution in [0.2, 0.25) is 0 Å². The smallest absolute Gasteiger partial charge is 0.377 e. The van der Waals surface area contributed by atoms with Crippen LogP contribution in [0.1, 0.15) is 31.0 Å². The minimum absolute atomic E-state index is 0.00773. The lowest BCUT2D eigenvalue weighted by molar-refractivity contribution is -0.137. The van der Waals surface area contributed by atoms with E-state index in [4.69, 9.17) is 10.6 Å². The molecule has 0 aliphatic carbocycles. The summed E-state index contributed by atoms with van der Waals surface area (Å²) in [6.45, 7) is 3.91. The first-order valence-corrected chi connectivity index (χ1v) is 5.59. The minimum Gasteiger partial charge on any atom is -0.377 e. The van der Waals surface area contributed by atoms with Gasteiger partial charge in [0.15, 0.2) is 0 Å². The van der Waals surface area contributed by atoms with Crippen LogP contribution in [-0.4, -0.2) is 12.7 Å². The Kier molecular flexibility index (Phi) is 5.13. The molecular formula is C12H17F3N2O. The number of rotatable bonds is 5. The second kappa shape index (κ2) is 6.17. The summed E-state index contributed by atoms with van der Waals surface area (Å²) in [6, 6.07) is 4.59. The molecule has 0 saturated heterocycles. The van der Waals surface area contributed by atoms with Crippen molar-refractivity contribution in [1.82, 2.24) is 5.43 Å². The van der Waals surface area contributed by atoms with Gasteiger partial charge in [0.2, 0.25) is 0 Å². The SMILES string of the molecule is CC(C)OCC(NN)c1cccc(C(F)(F)F)c1. The first-order chi connectivity index (χ1) is 8.34. The number of ether oxygens (including phenoxy) is 1. The number of nitrogens with two attached hydrogens (primary N) is 1. The van der Waals surface area contributed by atoms with Crippen molar-refractivity contribution in [3.63, 3.8) is 0 Å². The molecule has 102 valence electrons. The minimum atomic E-state index is -4.35. The van der Waals surface area contributed by atoms with Crippen molar-refractivity contribution in [2.75, 3.05) is 6.61 Å². The van der Waals surface area contributed by atoms with Gasteiger partial charge in [0.1, 0.15) is 0 Å². The maximum atomic E-state index is 12.6. The maximum Gasteiger partial charge on any atom is 0.416 e. The van der Waals surface area contributed by atoms with Gasteiger partial charge >= 0.3 is 6.18 Å². The van der Waals surface area contributed by atoms with Crippen molar-refractivity contribution in [2.24, 2.45) is 5.84 Å². The quantitative estimate of drug-likeness (QED) is 0.633. The van der Waals surface area contributed by atoms with Crippen LogP contribution in [0.5, 0.6) is 0 Å². The Hall–Kier alpha value is -1.11. The molecule has 1 aromatic carbocycles. The van der Waals surface area contributed by atoms with Gasteiger partial charge in [-0.2, -0.15) is 13.2 Å². The molecule has 0 amide bonds. The molecule has 0 radical (unpaired) electrons. The molecule has 1 rings (SSSR count). The van der Waals surface area contributed by atoms with Crippen LogP contribution >= 0.6 is 0 Å². The van der Waals surface area contributed by atoms with Gasteiger partial charge in [-0.15, -0.1) is 0 Å². The molecule has 0 aliphatic rings. The lowest BCUT2D eigenvalue weighted by atomic mass is 10.0. The number of hydrogen-bond donors (Lipinski definition) is 2. The van der Waals surface area contributed by atoms with Crippen LogP contribution in [0.25, 0.3) is 0 Å². The number of halogens is 3. The normalized spacial score (nSPS) is 13.9. The van der Waals surface area contributed by atoms with E-state index in [1.807, 2.05) is 13.8 Å². The van der Waals surface area contributed by atoms with Gasteiger partial charge in [-0.3, -0.25) is 11.3 Å². The number of alkyl halides is 3. The van der Waals surface area contributed by atoms with E-state index in [1.54, 1.807) is 6.07 Å². The van der Waals surface area contributed by atoms with Crippen LogP contribution in [-0.2, 0) is 10.9 Å². The van der Waals surface area contributed by atoms with Crippen LogP contribution in [0.4, 0.5) is 13.2 Å². The molecule has 0 aliphatic heterocycles. The molecule has 3 nitrogen and oxygen atoms in total. The zero-order chi connectivity index (χ0) is 13.8. The zero-order valence-electron chi connectivity index (χ0n) is 10.3. The molecule has 0 bridgehead atoms. The second-order valence-corrected chi connectivity index (χ2v) is 4.22. The Labute approximate surface area is 104 Å². The molecule has 18 heavy (non-hydrogen) atoms. The van der Waals surface area contributed by atoms with E-state index >= 15 is 0 Å². The largest absolute Gasteiger partial charge is 0.416 e. The van der Waals surface area contributed by atoms with Crippen LogP contribution in [0.3, 0.4) is 0 Å². The number of benzene rings is 1. The van der Waals surface area contributed by atoms with Gasteiger partial charge in [-0.1, -0.05) is 12.1 Å². The first kappa shape index (κ1) is 14.9. The van der Waals surface area contributed by atoms with E-state index < -0.39 is 17.8 Å². The van der Waals surface area contributed by atoms with Gasteiger partial charge in [0.05, 0.1) is 24.3 Å². The van der Waals surface area contributed by atoms with Crippen molar-refractivity contribution in [3.05, 3.63) is 35.4 Å². The van der Waals surface area contributed by atoms with Gasteiger partial charge in [0, 0.05) is 0 Å². The molecule has 1 atom stereocenters. The third-order valence-electron chi connectivity index (χ3n) is 2.41. The second-order valence-electron chi connectivity index (χ2n) is 4.22. The van der Waals surface area contributed by atoms with E-state index in [2.05, 4.69) is 5.43 Å². The molecule has 3 N–H and O–H groups in total. The summed E-state index contributed by atoms with van der Waals surface area (Å²) < 4.78 is 43.1. The van der Waals surface area contributed by atoms with Crippen molar-refractivity contribution in [3.8, 4) is 0 Å². The number of nitrogens with one attached hydrogen (secondary N) is 1. The highest BCUT2D eigenvalue weighted by Crippen LogP contribution is 2.30. The number of hydrazine groups is 1. The molecule has 0 fully saturated rings. The molecule has 1 unspecified atom stereocenters. The Morgan fingerprint density at radius 1 is 1.33 bits per heavy atom. The average molecular weight is 262 g/mol. The predicted molar refractivity (Wildman–Crippen MR) is 62.6 cm³/mol. The summed E-state index contributed by atoms with van der Waals surface area (Å²) in [5.41, 5.74) is 2.22. The zero-order valence-corrected chi connectivity index (χ0v) is 10.3. The molecule has 0 spiro atoms.